The summed E-state index contributed by atoms with van der Waals surface area (Å²) in [5.74, 6) is 0.555. The van der Waals surface area contributed by atoms with Gasteiger partial charge in [-0.15, -0.1) is 0 Å². The van der Waals surface area contributed by atoms with E-state index < -0.39 is 0 Å². The van der Waals surface area contributed by atoms with E-state index in [-0.39, 0.29) is 5.91 Å². The average molecular weight is 356 g/mol. The zero-order valence-electron chi connectivity index (χ0n) is 12.1. The molecule has 1 aromatic carbocycles. The van der Waals surface area contributed by atoms with Crippen molar-refractivity contribution in [2.45, 2.75) is 18.9 Å². The highest BCUT2D eigenvalue weighted by Crippen LogP contribution is 2.16. The summed E-state index contributed by atoms with van der Waals surface area (Å²) in [5, 5.41) is 3.33. The van der Waals surface area contributed by atoms with E-state index in [1.165, 1.54) is 0 Å². The number of primary amides is 1. The maximum atomic E-state index is 11.2. The van der Waals surface area contributed by atoms with Gasteiger partial charge in [-0.25, -0.2) is 0 Å². The summed E-state index contributed by atoms with van der Waals surface area (Å²) in [6, 6.07) is 8.15. The standard InChI is InChI=1S/C15H22BrN3O2/c16-12-1-3-14(4-2-12)21-10-9-19(11-15(17)20)13-5-7-18-8-6-13/h1-4,13,18H,5-11H2,(H2,17,20). The number of nitrogens with zero attached hydrogens (tertiary/aromatic N) is 1. The number of halogens is 1. The molecule has 0 unspecified atom stereocenters. The Balaban J connectivity index is 1.83. The summed E-state index contributed by atoms with van der Waals surface area (Å²) < 4.78 is 6.76. The summed E-state index contributed by atoms with van der Waals surface area (Å²) in [5.41, 5.74) is 5.36. The van der Waals surface area contributed by atoms with Crippen LogP contribution in [0.25, 0.3) is 0 Å². The van der Waals surface area contributed by atoms with Gasteiger partial charge in [0.25, 0.3) is 0 Å². The van der Waals surface area contributed by atoms with Crippen LogP contribution in [0.3, 0.4) is 0 Å². The summed E-state index contributed by atoms with van der Waals surface area (Å²) >= 11 is 3.39. The zero-order valence-corrected chi connectivity index (χ0v) is 13.6. The van der Waals surface area contributed by atoms with Crippen LogP contribution in [-0.4, -0.2) is 49.6 Å². The van der Waals surface area contributed by atoms with Gasteiger partial charge in [0.15, 0.2) is 0 Å². The molecule has 0 atom stereocenters. The largest absolute Gasteiger partial charge is 0.492 e. The fourth-order valence-corrected chi connectivity index (χ4v) is 2.84. The topological polar surface area (TPSA) is 67.6 Å². The average Bonchev–Trinajstić information content (AvgIpc) is 2.49. The van der Waals surface area contributed by atoms with Crippen LogP contribution in [0.1, 0.15) is 12.8 Å². The quantitative estimate of drug-likeness (QED) is 0.774. The third-order valence-electron chi connectivity index (χ3n) is 3.64. The fraction of sp³-hybridized carbons (Fsp3) is 0.533. The second-order valence-corrected chi connectivity index (χ2v) is 6.14. The van der Waals surface area contributed by atoms with Crippen LogP contribution in [0.4, 0.5) is 0 Å². The number of ether oxygens (including phenoxy) is 1. The molecule has 6 heteroatoms. The molecule has 1 fully saturated rings. The van der Waals surface area contributed by atoms with Gasteiger partial charge in [-0.2, -0.15) is 0 Å². The van der Waals surface area contributed by atoms with Gasteiger partial charge in [0.05, 0.1) is 6.54 Å². The number of rotatable bonds is 7. The van der Waals surface area contributed by atoms with E-state index in [1.807, 2.05) is 24.3 Å². The molecule has 0 radical (unpaired) electrons. The van der Waals surface area contributed by atoms with E-state index in [9.17, 15) is 4.79 Å². The van der Waals surface area contributed by atoms with Crippen LogP contribution in [-0.2, 0) is 4.79 Å². The Kier molecular flexibility index (Phi) is 6.48. The van der Waals surface area contributed by atoms with Gasteiger partial charge in [-0.05, 0) is 50.2 Å². The smallest absolute Gasteiger partial charge is 0.231 e. The van der Waals surface area contributed by atoms with Crippen LogP contribution in [0.5, 0.6) is 5.75 Å². The Morgan fingerprint density at radius 3 is 2.62 bits per heavy atom. The van der Waals surface area contributed by atoms with Crippen LogP contribution < -0.4 is 15.8 Å². The van der Waals surface area contributed by atoms with Crippen molar-refractivity contribution in [3.8, 4) is 5.75 Å². The van der Waals surface area contributed by atoms with Gasteiger partial charge >= 0.3 is 0 Å². The molecule has 0 bridgehead atoms. The number of carbonyl (C=O) groups excluding carboxylic acids is 1. The molecule has 0 aromatic heterocycles. The van der Waals surface area contributed by atoms with Gasteiger partial charge in [0.1, 0.15) is 12.4 Å². The van der Waals surface area contributed by atoms with E-state index in [0.717, 1.165) is 36.2 Å². The Morgan fingerprint density at radius 2 is 2.00 bits per heavy atom. The van der Waals surface area contributed by atoms with Gasteiger partial charge < -0.3 is 15.8 Å². The predicted octanol–water partition coefficient (Wildman–Crippen LogP) is 1.37. The molecule has 1 heterocycles. The highest BCUT2D eigenvalue weighted by molar-refractivity contribution is 9.10. The number of piperidine rings is 1. The van der Waals surface area contributed by atoms with Crippen molar-refractivity contribution in [3.63, 3.8) is 0 Å². The molecule has 5 nitrogen and oxygen atoms in total. The number of carbonyl (C=O) groups is 1. The van der Waals surface area contributed by atoms with E-state index in [0.29, 0.717) is 25.7 Å². The lowest BCUT2D eigenvalue weighted by molar-refractivity contribution is -0.119. The van der Waals surface area contributed by atoms with Crippen molar-refractivity contribution in [1.82, 2.24) is 10.2 Å². The van der Waals surface area contributed by atoms with Crippen molar-refractivity contribution in [1.29, 1.82) is 0 Å². The predicted molar refractivity (Wildman–Crippen MR) is 86.3 cm³/mol. The first-order valence-electron chi connectivity index (χ1n) is 7.26. The number of amides is 1. The number of hydrogen-bond acceptors (Lipinski definition) is 4. The Bertz CT molecular complexity index is 447. The minimum Gasteiger partial charge on any atom is -0.492 e. The van der Waals surface area contributed by atoms with Crippen LogP contribution in [0.2, 0.25) is 0 Å². The maximum Gasteiger partial charge on any atom is 0.231 e. The van der Waals surface area contributed by atoms with Gasteiger partial charge in [0.2, 0.25) is 5.91 Å². The lowest BCUT2D eigenvalue weighted by Crippen LogP contribution is -2.47. The van der Waals surface area contributed by atoms with E-state index in [4.69, 9.17) is 10.5 Å². The van der Waals surface area contributed by atoms with E-state index in [2.05, 4.69) is 26.1 Å². The van der Waals surface area contributed by atoms with Gasteiger partial charge in [-0.3, -0.25) is 9.69 Å². The second-order valence-electron chi connectivity index (χ2n) is 5.22. The van der Waals surface area contributed by atoms with Crippen molar-refractivity contribution in [2.75, 3.05) is 32.8 Å². The molecule has 1 aliphatic rings. The molecular weight excluding hydrogens is 334 g/mol. The van der Waals surface area contributed by atoms with E-state index >= 15 is 0 Å². The SMILES string of the molecule is NC(=O)CN(CCOc1ccc(Br)cc1)C1CCNCC1. The highest BCUT2D eigenvalue weighted by Gasteiger charge is 2.22. The van der Waals surface area contributed by atoms with E-state index in [1.54, 1.807) is 0 Å². The van der Waals surface area contributed by atoms with Crippen molar-refractivity contribution in [3.05, 3.63) is 28.7 Å². The third-order valence-corrected chi connectivity index (χ3v) is 4.17. The minimum atomic E-state index is -0.280. The number of nitrogens with one attached hydrogen (secondary N) is 1. The molecular formula is C15H22BrN3O2. The van der Waals surface area contributed by atoms with Crippen LogP contribution in [0.15, 0.2) is 28.7 Å². The second kappa shape index (κ2) is 8.36. The lowest BCUT2D eigenvalue weighted by atomic mass is 10.0. The van der Waals surface area contributed by atoms with Crippen molar-refractivity contribution < 1.29 is 9.53 Å². The molecule has 0 aliphatic carbocycles. The monoisotopic (exact) mass is 355 g/mol. The minimum absolute atomic E-state index is 0.280. The Hall–Kier alpha value is -1.11. The van der Waals surface area contributed by atoms with Crippen LogP contribution >= 0.6 is 15.9 Å². The first kappa shape index (κ1) is 16.3. The molecule has 0 saturated carbocycles. The summed E-state index contributed by atoms with van der Waals surface area (Å²) in [4.78, 5) is 13.4. The molecule has 2 rings (SSSR count). The summed E-state index contributed by atoms with van der Waals surface area (Å²) in [7, 11) is 0. The third kappa shape index (κ3) is 5.65. The zero-order chi connectivity index (χ0) is 15.1. The van der Waals surface area contributed by atoms with Gasteiger partial charge in [0, 0.05) is 17.1 Å². The maximum absolute atomic E-state index is 11.2. The fourth-order valence-electron chi connectivity index (χ4n) is 2.57. The normalized spacial score (nSPS) is 16.1. The number of nitrogens with two attached hydrogens (primary N) is 1. The first-order chi connectivity index (χ1) is 10.1. The molecule has 116 valence electrons. The molecule has 1 aliphatic heterocycles. The van der Waals surface area contributed by atoms with Crippen molar-refractivity contribution >= 4 is 21.8 Å². The number of hydrogen-bond donors (Lipinski definition) is 2. The summed E-state index contributed by atoms with van der Waals surface area (Å²) in [6.45, 7) is 3.55. The molecule has 0 spiro atoms. The molecule has 3 N–H and O–H groups in total. The molecule has 21 heavy (non-hydrogen) atoms. The molecule has 1 amide bonds. The first-order valence-corrected chi connectivity index (χ1v) is 8.06. The van der Waals surface area contributed by atoms with Gasteiger partial charge in [-0.1, -0.05) is 15.9 Å². The molecule has 1 aromatic rings. The van der Waals surface area contributed by atoms with Crippen molar-refractivity contribution in [2.24, 2.45) is 5.73 Å². The molecule has 1 saturated heterocycles. The Morgan fingerprint density at radius 1 is 1.33 bits per heavy atom. The highest BCUT2D eigenvalue weighted by atomic mass is 79.9. The number of benzene rings is 1. The Labute approximate surface area is 134 Å². The lowest BCUT2D eigenvalue weighted by Gasteiger charge is -2.33. The van der Waals surface area contributed by atoms with Crippen LogP contribution in [0, 0.1) is 0 Å². The summed E-state index contributed by atoms with van der Waals surface area (Å²) in [6.07, 6.45) is 2.09.